The largest absolute Gasteiger partial charge is 0.384 e. The Kier molecular flexibility index (Phi) is 6.91. The lowest BCUT2D eigenvalue weighted by molar-refractivity contribution is -0.116. The van der Waals surface area contributed by atoms with E-state index in [1.165, 1.54) is 51.0 Å². The van der Waals surface area contributed by atoms with Crippen molar-refractivity contribution in [3.8, 4) is 0 Å². The van der Waals surface area contributed by atoms with E-state index in [0.29, 0.717) is 10.8 Å². The van der Waals surface area contributed by atoms with Crippen LogP contribution in [0.5, 0.6) is 0 Å². The number of para-hydroxylation sites is 2. The Morgan fingerprint density at radius 1 is 0.886 bits per heavy atom. The van der Waals surface area contributed by atoms with Gasteiger partial charge < -0.3 is 20.0 Å². The van der Waals surface area contributed by atoms with Crippen LogP contribution >= 0.6 is 0 Å². The molecule has 2 aliphatic carbocycles. The van der Waals surface area contributed by atoms with Crippen LogP contribution in [0.25, 0.3) is 0 Å². The van der Waals surface area contributed by atoms with Crippen LogP contribution in [0, 0.1) is 22.7 Å². The van der Waals surface area contributed by atoms with Crippen molar-refractivity contribution in [1.29, 1.82) is 0 Å². The molecule has 4 atom stereocenters. The van der Waals surface area contributed by atoms with Crippen molar-refractivity contribution in [2.24, 2.45) is 22.7 Å². The minimum absolute atomic E-state index is 0.152. The van der Waals surface area contributed by atoms with E-state index in [9.17, 15) is 4.79 Å². The van der Waals surface area contributed by atoms with Crippen molar-refractivity contribution in [2.45, 2.75) is 32.6 Å². The molecule has 2 heterocycles. The summed E-state index contributed by atoms with van der Waals surface area (Å²) in [4.78, 5) is 18.8. The van der Waals surface area contributed by atoms with Crippen molar-refractivity contribution in [1.82, 2.24) is 9.80 Å². The van der Waals surface area contributed by atoms with Gasteiger partial charge in [0.25, 0.3) is 0 Å². The molecule has 35 heavy (non-hydrogen) atoms. The highest BCUT2D eigenvalue weighted by Gasteiger charge is 2.57. The molecule has 2 aromatic carbocycles. The Labute approximate surface area is 211 Å². The molecule has 4 aliphatic rings. The molecule has 1 amide bonds. The van der Waals surface area contributed by atoms with E-state index in [4.69, 9.17) is 0 Å². The molecular weight excluding hydrogens is 432 g/mol. The predicted molar refractivity (Wildman–Crippen MR) is 145 cm³/mol. The van der Waals surface area contributed by atoms with Gasteiger partial charge in [-0.15, -0.1) is 0 Å². The molecule has 188 valence electrons. The molecule has 0 radical (unpaired) electrons. The van der Waals surface area contributed by atoms with Gasteiger partial charge in [0.2, 0.25) is 5.91 Å². The van der Waals surface area contributed by atoms with Gasteiger partial charge in [-0.05, 0) is 89.0 Å². The molecule has 0 bridgehead atoms. The fraction of sp³-hybridized carbons (Fsp3) is 0.567. The standard InChI is InChI=1S/C16H22N2O.C14H20N2/c1-13(19)18(15-6-4-3-5-7-15)12-16-10-14(16)8-9-17(2)11-16;1-16-8-7-12-9-14(12,11-16)10-15-13-5-3-2-4-6-13/h3-7,14H,8-12H2,1-2H3;2-6,12,15H,7-11H2,1H3. The van der Waals surface area contributed by atoms with Crippen molar-refractivity contribution >= 4 is 17.3 Å². The average Bonchev–Trinajstić information content (AvgIpc) is 3.76. The summed E-state index contributed by atoms with van der Waals surface area (Å²) in [5.74, 6) is 1.97. The first-order valence-corrected chi connectivity index (χ1v) is 13.4. The number of fused-ring (bicyclic) bond motifs is 2. The topological polar surface area (TPSA) is 38.8 Å². The Balaban J connectivity index is 0.000000147. The lowest BCUT2D eigenvalue weighted by Crippen LogP contribution is -2.43. The van der Waals surface area contributed by atoms with Crippen molar-refractivity contribution in [3.05, 3.63) is 60.7 Å². The van der Waals surface area contributed by atoms with Crippen LogP contribution in [0.2, 0.25) is 0 Å². The Morgan fingerprint density at radius 3 is 2.06 bits per heavy atom. The second-order valence-corrected chi connectivity index (χ2v) is 11.7. The monoisotopic (exact) mass is 474 g/mol. The summed E-state index contributed by atoms with van der Waals surface area (Å²) < 4.78 is 0. The highest BCUT2D eigenvalue weighted by molar-refractivity contribution is 5.91. The van der Waals surface area contributed by atoms with E-state index in [-0.39, 0.29) is 5.91 Å². The van der Waals surface area contributed by atoms with Crippen LogP contribution in [0.15, 0.2) is 60.7 Å². The predicted octanol–water partition coefficient (Wildman–Crippen LogP) is 4.82. The summed E-state index contributed by atoms with van der Waals surface area (Å²) in [5.41, 5.74) is 3.23. The van der Waals surface area contributed by atoms with Gasteiger partial charge in [-0.1, -0.05) is 36.4 Å². The Hall–Kier alpha value is -2.37. The van der Waals surface area contributed by atoms with Gasteiger partial charge >= 0.3 is 0 Å². The first-order chi connectivity index (χ1) is 16.9. The normalized spacial score (nSPS) is 31.3. The maximum absolute atomic E-state index is 12.0. The number of rotatable bonds is 6. The number of carbonyl (C=O) groups excluding carboxylic acids is 1. The van der Waals surface area contributed by atoms with E-state index in [1.54, 1.807) is 6.92 Å². The summed E-state index contributed by atoms with van der Waals surface area (Å²) in [6, 6.07) is 20.6. The molecule has 0 aromatic heterocycles. The summed E-state index contributed by atoms with van der Waals surface area (Å²) in [5, 5.41) is 3.59. The lowest BCUT2D eigenvalue weighted by atomic mass is 9.96. The molecule has 1 N–H and O–H groups in total. The molecule has 2 saturated carbocycles. The third kappa shape index (κ3) is 5.57. The summed E-state index contributed by atoms with van der Waals surface area (Å²) in [6.07, 6.45) is 5.40. The summed E-state index contributed by atoms with van der Waals surface area (Å²) in [7, 11) is 4.44. The SMILES string of the molecule is CC(=O)N(CC12CC1CCN(C)C2)c1ccccc1.CN1CCC2CC2(CNc2ccccc2)C1. The second-order valence-electron chi connectivity index (χ2n) is 11.7. The second kappa shape index (κ2) is 9.94. The average molecular weight is 475 g/mol. The molecule has 0 spiro atoms. The molecule has 5 nitrogen and oxygen atoms in total. The third-order valence-corrected chi connectivity index (χ3v) is 8.95. The molecule has 4 fully saturated rings. The Bertz CT molecular complexity index is 998. The molecule has 6 rings (SSSR count). The molecule has 2 saturated heterocycles. The first kappa shape index (κ1) is 24.3. The van der Waals surface area contributed by atoms with Crippen molar-refractivity contribution in [3.63, 3.8) is 0 Å². The van der Waals surface area contributed by atoms with E-state index in [1.807, 2.05) is 35.2 Å². The minimum atomic E-state index is 0.152. The number of hydrogen-bond acceptors (Lipinski definition) is 4. The highest BCUT2D eigenvalue weighted by Crippen LogP contribution is 2.58. The Morgan fingerprint density at radius 2 is 1.43 bits per heavy atom. The zero-order valence-corrected chi connectivity index (χ0v) is 21.7. The van der Waals surface area contributed by atoms with Crippen molar-refractivity contribution < 1.29 is 4.79 Å². The van der Waals surface area contributed by atoms with Crippen LogP contribution < -0.4 is 10.2 Å². The van der Waals surface area contributed by atoms with Crippen LogP contribution in [0.1, 0.15) is 32.6 Å². The van der Waals surface area contributed by atoms with Crippen LogP contribution in [0.4, 0.5) is 11.4 Å². The van der Waals surface area contributed by atoms with Gasteiger partial charge in [0.05, 0.1) is 0 Å². The maximum atomic E-state index is 12.0. The van der Waals surface area contributed by atoms with Gasteiger partial charge in [-0.2, -0.15) is 0 Å². The lowest BCUT2D eigenvalue weighted by Gasteiger charge is -2.34. The smallest absolute Gasteiger partial charge is 0.223 e. The fourth-order valence-corrected chi connectivity index (χ4v) is 6.71. The number of nitrogens with one attached hydrogen (secondary N) is 1. The number of piperidine rings is 2. The van der Waals surface area contributed by atoms with E-state index in [0.717, 1.165) is 37.2 Å². The van der Waals surface area contributed by atoms with E-state index >= 15 is 0 Å². The third-order valence-electron chi connectivity index (χ3n) is 8.95. The fourth-order valence-electron chi connectivity index (χ4n) is 6.71. The van der Waals surface area contributed by atoms with Gasteiger partial charge in [0.15, 0.2) is 0 Å². The number of anilines is 2. The molecule has 2 aliphatic heterocycles. The van der Waals surface area contributed by atoms with Crippen molar-refractivity contribution in [2.75, 3.05) is 63.6 Å². The van der Waals surface area contributed by atoms with Crippen LogP contribution in [-0.4, -0.2) is 69.1 Å². The van der Waals surface area contributed by atoms with Gasteiger partial charge in [0.1, 0.15) is 0 Å². The molecule has 5 heteroatoms. The summed E-state index contributed by atoms with van der Waals surface area (Å²) >= 11 is 0. The van der Waals surface area contributed by atoms with Gasteiger partial charge in [0, 0.05) is 55.3 Å². The zero-order valence-electron chi connectivity index (χ0n) is 21.7. The molecule has 4 unspecified atom stereocenters. The van der Waals surface area contributed by atoms with E-state index < -0.39 is 0 Å². The highest BCUT2D eigenvalue weighted by atomic mass is 16.2. The number of amides is 1. The quantitative estimate of drug-likeness (QED) is 0.651. The summed E-state index contributed by atoms with van der Waals surface area (Å²) in [6.45, 7) is 8.60. The van der Waals surface area contributed by atoms with Gasteiger partial charge in [-0.3, -0.25) is 4.79 Å². The zero-order chi connectivity index (χ0) is 24.5. The number of hydrogen-bond donors (Lipinski definition) is 1. The van der Waals surface area contributed by atoms with E-state index in [2.05, 4.69) is 59.5 Å². The van der Waals surface area contributed by atoms with Crippen LogP contribution in [-0.2, 0) is 4.79 Å². The number of nitrogens with zero attached hydrogens (tertiary/aromatic N) is 3. The number of benzene rings is 2. The number of carbonyl (C=O) groups is 1. The molecule has 2 aromatic rings. The number of likely N-dealkylation sites (tertiary alicyclic amines) is 2. The first-order valence-electron chi connectivity index (χ1n) is 13.4. The maximum Gasteiger partial charge on any atom is 0.223 e. The van der Waals surface area contributed by atoms with Crippen LogP contribution in [0.3, 0.4) is 0 Å². The molecular formula is C30H42N4O. The minimum Gasteiger partial charge on any atom is -0.384 e. The van der Waals surface area contributed by atoms with Gasteiger partial charge in [-0.25, -0.2) is 0 Å².